The van der Waals surface area contributed by atoms with Gasteiger partial charge in [-0.05, 0) is 75.2 Å². The molecule has 1 amide bonds. The van der Waals surface area contributed by atoms with E-state index in [0.717, 1.165) is 34.6 Å². The Bertz CT molecular complexity index is 2000. The number of carbonyl (C=O) groups excluding carboxylic acids is 1. The first kappa shape index (κ1) is 34.5. The number of carbonyl (C=O) groups is 3. The Balaban J connectivity index is 1.23. The van der Waals surface area contributed by atoms with Crippen molar-refractivity contribution in [2.45, 2.75) is 33.3 Å². The van der Waals surface area contributed by atoms with Crippen LogP contribution < -0.4 is 9.64 Å². The number of carboxylic acids is 2. The number of nitrogens with zero attached hydrogens (tertiary/aromatic N) is 4. The summed E-state index contributed by atoms with van der Waals surface area (Å²) in [6.45, 7) is 7.19. The van der Waals surface area contributed by atoms with Crippen LogP contribution in [0.2, 0.25) is 0 Å². The van der Waals surface area contributed by atoms with Gasteiger partial charge in [-0.2, -0.15) is 4.39 Å². The van der Waals surface area contributed by atoms with Crippen LogP contribution in [-0.2, 0) is 9.47 Å². The van der Waals surface area contributed by atoms with Crippen molar-refractivity contribution >= 4 is 29.5 Å². The third kappa shape index (κ3) is 8.56. The van der Waals surface area contributed by atoms with E-state index in [1.807, 2.05) is 48.0 Å². The number of pyridine rings is 2. The van der Waals surface area contributed by atoms with Crippen molar-refractivity contribution in [1.29, 1.82) is 0 Å². The van der Waals surface area contributed by atoms with Gasteiger partial charge in [0.2, 0.25) is 5.95 Å². The number of carboxylic acid groups (broad SMARTS) is 2. The Labute approximate surface area is 281 Å². The molecule has 5 aromatic rings. The SMILES string of the molecule is Cc1ccc2nc(-c3ccc(-c4ccc(N(CCOCCOc5ccc(C(=O)O)c(C(=O)O)c5)C(=O)OC(C)(C)C)nc4F)cc3)cn2c1. The molecule has 0 aliphatic carbocycles. The second-order valence-corrected chi connectivity index (χ2v) is 12.1. The van der Waals surface area contributed by atoms with Gasteiger partial charge in [0.05, 0.1) is 36.6 Å². The molecular formula is C36H35FN4O8. The Morgan fingerprint density at radius 2 is 1.55 bits per heavy atom. The van der Waals surface area contributed by atoms with E-state index in [1.165, 1.54) is 17.0 Å². The Kier molecular flexibility index (Phi) is 10.2. The first-order chi connectivity index (χ1) is 23.3. The molecule has 5 rings (SSSR count). The van der Waals surface area contributed by atoms with Gasteiger partial charge in [-0.15, -0.1) is 0 Å². The van der Waals surface area contributed by atoms with E-state index < -0.39 is 35.1 Å². The molecule has 49 heavy (non-hydrogen) atoms. The molecule has 0 atom stereocenters. The van der Waals surface area contributed by atoms with Crippen molar-refractivity contribution in [1.82, 2.24) is 14.4 Å². The van der Waals surface area contributed by atoms with E-state index in [0.29, 0.717) is 5.56 Å². The highest BCUT2D eigenvalue weighted by atomic mass is 19.1. The number of benzene rings is 2. The molecule has 2 aromatic carbocycles. The lowest BCUT2D eigenvalue weighted by molar-refractivity contribution is 0.0549. The summed E-state index contributed by atoms with van der Waals surface area (Å²) in [5.41, 5.74) is 2.86. The zero-order valence-corrected chi connectivity index (χ0v) is 27.3. The summed E-state index contributed by atoms with van der Waals surface area (Å²) in [6.07, 6.45) is 3.20. The molecule has 2 N–H and O–H groups in total. The minimum atomic E-state index is -1.40. The second-order valence-electron chi connectivity index (χ2n) is 12.1. The molecule has 0 saturated carbocycles. The lowest BCUT2D eigenvalue weighted by Crippen LogP contribution is -2.39. The molecule has 3 heterocycles. The van der Waals surface area contributed by atoms with E-state index in [1.54, 1.807) is 39.0 Å². The number of ether oxygens (including phenoxy) is 3. The first-order valence-corrected chi connectivity index (χ1v) is 15.3. The van der Waals surface area contributed by atoms with E-state index in [4.69, 9.17) is 19.3 Å². The number of fused-ring (bicyclic) bond motifs is 1. The average Bonchev–Trinajstić information content (AvgIpc) is 3.46. The number of amides is 1. The summed E-state index contributed by atoms with van der Waals surface area (Å²) in [5.74, 6) is -3.35. The number of anilines is 1. The van der Waals surface area contributed by atoms with Gasteiger partial charge in [0, 0.05) is 23.5 Å². The fourth-order valence-corrected chi connectivity index (χ4v) is 4.92. The minimum Gasteiger partial charge on any atom is -0.491 e. The third-order valence-electron chi connectivity index (χ3n) is 7.22. The van der Waals surface area contributed by atoms with Crippen LogP contribution in [0.25, 0.3) is 28.0 Å². The maximum Gasteiger partial charge on any atom is 0.416 e. The van der Waals surface area contributed by atoms with E-state index in [9.17, 15) is 19.5 Å². The zero-order chi connectivity index (χ0) is 35.3. The molecule has 0 saturated heterocycles. The summed E-state index contributed by atoms with van der Waals surface area (Å²) in [5, 5.41) is 18.5. The molecule has 0 bridgehead atoms. The first-order valence-electron chi connectivity index (χ1n) is 15.3. The number of aryl methyl sites for hydroxylation is 1. The largest absolute Gasteiger partial charge is 0.491 e. The van der Waals surface area contributed by atoms with Crippen molar-refractivity contribution < 1.29 is 43.2 Å². The molecule has 0 aliphatic rings. The normalized spacial score (nSPS) is 11.4. The smallest absolute Gasteiger partial charge is 0.416 e. The van der Waals surface area contributed by atoms with Crippen molar-refractivity contribution in [2.24, 2.45) is 0 Å². The summed E-state index contributed by atoms with van der Waals surface area (Å²) in [6, 6.07) is 17.9. The Hall–Kier alpha value is -5.82. The standard InChI is InChI=1S/C36H35FN4O8/c1-22-5-13-30-38-29(21-40(30)20-22)24-8-6-23(7-9-24)26-12-14-31(39-32(26)37)41(35(46)49-36(2,3)4)15-16-47-17-18-48-25-10-11-27(33(42)43)28(19-25)34(44)45/h5-14,19-21H,15-18H2,1-4H3,(H,42,43)(H,44,45). The van der Waals surface area contributed by atoms with Crippen LogP contribution in [0.4, 0.5) is 15.0 Å². The highest BCUT2D eigenvalue weighted by Gasteiger charge is 2.25. The van der Waals surface area contributed by atoms with Crippen LogP contribution in [0.3, 0.4) is 0 Å². The third-order valence-corrected chi connectivity index (χ3v) is 7.22. The van der Waals surface area contributed by atoms with Crippen molar-refractivity contribution in [3.8, 4) is 28.1 Å². The molecule has 0 aliphatic heterocycles. The van der Waals surface area contributed by atoms with Crippen LogP contribution in [0.1, 0.15) is 47.1 Å². The minimum absolute atomic E-state index is 0.00903. The lowest BCUT2D eigenvalue weighted by atomic mass is 10.0. The van der Waals surface area contributed by atoms with Gasteiger partial charge in [-0.1, -0.05) is 30.3 Å². The molecule has 0 spiro atoms. The number of hydrogen-bond acceptors (Lipinski definition) is 8. The van der Waals surface area contributed by atoms with Gasteiger partial charge in [-0.25, -0.2) is 24.4 Å². The fourth-order valence-electron chi connectivity index (χ4n) is 4.92. The quantitative estimate of drug-likeness (QED) is 0.108. The van der Waals surface area contributed by atoms with Crippen molar-refractivity contribution in [2.75, 3.05) is 31.3 Å². The summed E-state index contributed by atoms with van der Waals surface area (Å²) >= 11 is 0. The van der Waals surface area contributed by atoms with Crippen LogP contribution in [0, 0.1) is 12.9 Å². The summed E-state index contributed by atoms with van der Waals surface area (Å²) < 4.78 is 34.1. The maximum absolute atomic E-state index is 15.5. The predicted octanol–water partition coefficient (Wildman–Crippen LogP) is 6.74. The predicted molar refractivity (Wildman–Crippen MR) is 179 cm³/mol. The zero-order valence-electron chi connectivity index (χ0n) is 27.3. The molecule has 254 valence electrons. The fraction of sp³-hybridized carbons (Fsp3) is 0.250. The van der Waals surface area contributed by atoms with Gasteiger partial charge >= 0.3 is 18.0 Å². The molecule has 13 heteroatoms. The number of aromatic nitrogens is 3. The van der Waals surface area contributed by atoms with Gasteiger partial charge in [0.15, 0.2) is 0 Å². The topological polar surface area (TPSA) is 153 Å². The average molecular weight is 671 g/mol. The number of hydrogen-bond donors (Lipinski definition) is 2. The summed E-state index contributed by atoms with van der Waals surface area (Å²) in [4.78, 5) is 45.7. The highest BCUT2D eigenvalue weighted by Crippen LogP contribution is 2.28. The number of rotatable bonds is 12. The molecule has 0 fully saturated rings. The van der Waals surface area contributed by atoms with Gasteiger partial charge in [-0.3, -0.25) is 4.90 Å². The van der Waals surface area contributed by atoms with Crippen molar-refractivity contribution in [3.05, 3.63) is 102 Å². The Morgan fingerprint density at radius 1 is 0.837 bits per heavy atom. The van der Waals surface area contributed by atoms with Crippen LogP contribution in [0.5, 0.6) is 5.75 Å². The molecule has 0 unspecified atom stereocenters. The molecule has 0 radical (unpaired) electrons. The monoisotopic (exact) mass is 670 g/mol. The number of aromatic carboxylic acids is 2. The number of imidazole rings is 1. The maximum atomic E-state index is 15.5. The molecule has 12 nitrogen and oxygen atoms in total. The molecule has 3 aromatic heterocycles. The van der Waals surface area contributed by atoms with E-state index in [-0.39, 0.29) is 49.1 Å². The van der Waals surface area contributed by atoms with Crippen LogP contribution in [-0.4, -0.2) is 74.6 Å². The Morgan fingerprint density at radius 3 is 2.22 bits per heavy atom. The lowest BCUT2D eigenvalue weighted by Gasteiger charge is -2.27. The van der Waals surface area contributed by atoms with Crippen LogP contribution >= 0.6 is 0 Å². The molecular weight excluding hydrogens is 635 g/mol. The van der Waals surface area contributed by atoms with Crippen LogP contribution in [0.15, 0.2) is 79.1 Å². The number of halogens is 1. The highest BCUT2D eigenvalue weighted by molar-refractivity contribution is 6.02. The summed E-state index contributed by atoms with van der Waals surface area (Å²) in [7, 11) is 0. The van der Waals surface area contributed by atoms with Gasteiger partial charge in [0.25, 0.3) is 0 Å². The van der Waals surface area contributed by atoms with E-state index >= 15 is 4.39 Å². The van der Waals surface area contributed by atoms with Gasteiger partial charge < -0.3 is 28.8 Å². The van der Waals surface area contributed by atoms with E-state index in [2.05, 4.69) is 9.97 Å². The van der Waals surface area contributed by atoms with Gasteiger partial charge in [0.1, 0.15) is 29.4 Å². The van der Waals surface area contributed by atoms with Crippen molar-refractivity contribution in [3.63, 3.8) is 0 Å². The second kappa shape index (κ2) is 14.5.